The standard InChI is InChI=1S/C16H11NO3/c18-16(19)13-7-8-17-15(10-13)20-14-6-5-11-3-1-2-4-12(11)9-14/h1-10H,(H,18,19). The largest absolute Gasteiger partial charge is 0.478 e. The molecule has 4 nitrogen and oxygen atoms in total. The molecule has 0 aliphatic rings. The van der Waals surface area contributed by atoms with Crippen LogP contribution in [-0.2, 0) is 0 Å². The van der Waals surface area contributed by atoms with Crippen molar-refractivity contribution in [2.45, 2.75) is 0 Å². The number of carbonyl (C=O) groups is 1. The van der Waals surface area contributed by atoms with Crippen LogP contribution in [0.1, 0.15) is 10.4 Å². The number of rotatable bonds is 3. The van der Waals surface area contributed by atoms with Gasteiger partial charge in [0.05, 0.1) is 5.56 Å². The molecule has 0 saturated carbocycles. The Balaban J connectivity index is 1.92. The summed E-state index contributed by atoms with van der Waals surface area (Å²) in [6, 6.07) is 16.4. The molecule has 0 aliphatic heterocycles. The third-order valence-corrected chi connectivity index (χ3v) is 2.93. The number of aromatic nitrogens is 1. The van der Waals surface area contributed by atoms with Crippen LogP contribution >= 0.6 is 0 Å². The number of benzene rings is 2. The van der Waals surface area contributed by atoms with Crippen LogP contribution in [0.25, 0.3) is 10.8 Å². The van der Waals surface area contributed by atoms with Gasteiger partial charge < -0.3 is 9.84 Å². The molecule has 98 valence electrons. The SMILES string of the molecule is O=C(O)c1ccnc(Oc2ccc3ccccc3c2)c1. The molecule has 3 rings (SSSR count). The number of carboxylic acids is 1. The molecular weight excluding hydrogens is 254 g/mol. The number of pyridine rings is 1. The second kappa shape index (κ2) is 5.01. The van der Waals surface area contributed by atoms with E-state index in [0.717, 1.165) is 10.8 Å². The van der Waals surface area contributed by atoms with E-state index in [9.17, 15) is 4.79 Å². The van der Waals surface area contributed by atoms with Crippen LogP contribution in [-0.4, -0.2) is 16.1 Å². The van der Waals surface area contributed by atoms with Crippen molar-refractivity contribution in [1.82, 2.24) is 4.98 Å². The van der Waals surface area contributed by atoms with Gasteiger partial charge in [-0.2, -0.15) is 0 Å². The highest BCUT2D eigenvalue weighted by atomic mass is 16.5. The van der Waals surface area contributed by atoms with Crippen LogP contribution < -0.4 is 4.74 Å². The number of nitrogens with zero attached hydrogens (tertiary/aromatic N) is 1. The molecule has 1 heterocycles. The first kappa shape index (κ1) is 12.2. The molecule has 0 aliphatic carbocycles. The van der Waals surface area contributed by atoms with Gasteiger partial charge in [0.15, 0.2) is 0 Å². The minimum absolute atomic E-state index is 0.149. The minimum atomic E-state index is -1.00. The van der Waals surface area contributed by atoms with Crippen molar-refractivity contribution >= 4 is 16.7 Å². The van der Waals surface area contributed by atoms with E-state index in [0.29, 0.717) is 5.75 Å². The van der Waals surface area contributed by atoms with Gasteiger partial charge >= 0.3 is 5.97 Å². The van der Waals surface area contributed by atoms with Gasteiger partial charge in [0.2, 0.25) is 5.88 Å². The van der Waals surface area contributed by atoms with Crippen molar-refractivity contribution in [3.8, 4) is 11.6 Å². The number of carboxylic acid groups (broad SMARTS) is 1. The number of hydrogen-bond acceptors (Lipinski definition) is 3. The molecule has 0 atom stereocenters. The highest BCUT2D eigenvalue weighted by Gasteiger charge is 2.06. The molecule has 0 bridgehead atoms. The molecule has 0 fully saturated rings. The van der Waals surface area contributed by atoms with Crippen molar-refractivity contribution in [2.75, 3.05) is 0 Å². The molecule has 1 N–H and O–H groups in total. The number of aromatic carboxylic acids is 1. The predicted octanol–water partition coefficient (Wildman–Crippen LogP) is 3.73. The van der Waals surface area contributed by atoms with E-state index >= 15 is 0 Å². The molecule has 0 amide bonds. The van der Waals surface area contributed by atoms with E-state index in [2.05, 4.69) is 4.98 Å². The van der Waals surface area contributed by atoms with Crippen molar-refractivity contribution in [3.63, 3.8) is 0 Å². The quantitative estimate of drug-likeness (QED) is 0.784. The van der Waals surface area contributed by atoms with Crippen LogP contribution in [0.3, 0.4) is 0 Å². The van der Waals surface area contributed by atoms with Gasteiger partial charge in [-0.3, -0.25) is 0 Å². The Bertz CT molecular complexity index is 783. The van der Waals surface area contributed by atoms with E-state index < -0.39 is 5.97 Å². The fourth-order valence-corrected chi connectivity index (χ4v) is 1.95. The van der Waals surface area contributed by atoms with E-state index in [-0.39, 0.29) is 11.4 Å². The molecule has 0 spiro atoms. The summed E-state index contributed by atoms with van der Waals surface area (Å²) in [7, 11) is 0. The lowest BCUT2D eigenvalue weighted by Gasteiger charge is -2.06. The Hall–Kier alpha value is -2.88. The molecule has 3 aromatic rings. The van der Waals surface area contributed by atoms with Gasteiger partial charge in [0.1, 0.15) is 5.75 Å². The van der Waals surface area contributed by atoms with Crippen molar-refractivity contribution in [1.29, 1.82) is 0 Å². The zero-order valence-electron chi connectivity index (χ0n) is 10.5. The Labute approximate surface area is 115 Å². The lowest BCUT2D eigenvalue weighted by molar-refractivity contribution is 0.0696. The highest BCUT2D eigenvalue weighted by molar-refractivity contribution is 5.87. The second-order valence-electron chi connectivity index (χ2n) is 4.30. The van der Waals surface area contributed by atoms with Gasteiger partial charge in [-0.15, -0.1) is 0 Å². The summed E-state index contributed by atoms with van der Waals surface area (Å²) in [5, 5.41) is 11.1. The van der Waals surface area contributed by atoms with E-state index in [4.69, 9.17) is 9.84 Å². The smallest absolute Gasteiger partial charge is 0.335 e. The zero-order chi connectivity index (χ0) is 13.9. The van der Waals surface area contributed by atoms with Crippen LogP contribution in [0, 0.1) is 0 Å². The molecule has 1 aromatic heterocycles. The summed E-state index contributed by atoms with van der Waals surface area (Å²) in [6.45, 7) is 0. The van der Waals surface area contributed by atoms with E-state index in [1.54, 1.807) is 0 Å². The third-order valence-electron chi connectivity index (χ3n) is 2.93. The maximum atomic E-state index is 10.9. The first-order chi connectivity index (χ1) is 9.72. The summed E-state index contributed by atoms with van der Waals surface area (Å²) in [4.78, 5) is 14.9. The average Bonchev–Trinajstić information content (AvgIpc) is 2.47. The zero-order valence-corrected chi connectivity index (χ0v) is 10.5. The monoisotopic (exact) mass is 265 g/mol. The molecule has 4 heteroatoms. The number of ether oxygens (including phenoxy) is 1. The Morgan fingerprint density at radius 1 is 1.00 bits per heavy atom. The summed E-state index contributed by atoms with van der Waals surface area (Å²) >= 11 is 0. The summed E-state index contributed by atoms with van der Waals surface area (Å²) in [5.74, 6) is -0.116. The Morgan fingerprint density at radius 2 is 1.80 bits per heavy atom. The second-order valence-corrected chi connectivity index (χ2v) is 4.30. The van der Waals surface area contributed by atoms with Crippen molar-refractivity contribution in [2.24, 2.45) is 0 Å². The third kappa shape index (κ3) is 2.44. The Morgan fingerprint density at radius 3 is 2.60 bits per heavy atom. The maximum absolute atomic E-state index is 10.9. The van der Waals surface area contributed by atoms with Crippen LogP contribution in [0.15, 0.2) is 60.8 Å². The minimum Gasteiger partial charge on any atom is -0.478 e. The lowest BCUT2D eigenvalue weighted by atomic mass is 10.1. The molecule has 0 unspecified atom stereocenters. The number of hydrogen-bond donors (Lipinski definition) is 1. The van der Waals surface area contributed by atoms with E-state index in [1.807, 2.05) is 42.5 Å². The predicted molar refractivity (Wildman–Crippen MR) is 75.2 cm³/mol. The Kier molecular flexibility index (Phi) is 3.05. The fourth-order valence-electron chi connectivity index (χ4n) is 1.95. The van der Waals surface area contributed by atoms with Gasteiger partial charge in [0.25, 0.3) is 0 Å². The molecular formula is C16H11NO3. The van der Waals surface area contributed by atoms with Crippen LogP contribution in [0.2, 0.25) is 0 Å². The number of fused-ring (bicyclic) bond motifs is 1. The normalized spacial score (nSPS) is 10.4. The van der Waals surface area contributed by atoms with Crippen molar-refractivity contribution in [3.05, 3.63) is 66.4 Å². The molecule has 20 heavy (non-hydrogen) atoms. The van der Waals surface area contributed by atoms with Gasteiger partial charge in [0, 0.05) is 12.3 Å². The molecule has 0 radical (unpaired) electrons. The van der Waals surface area contributed by atoms with Crippen LogP contribution in [0.4, 0.5) is 0 Å². The molecule has 0 saturated heterocycles. The first-order valence-corrected chi connectivity index (χ1v) is 6.08. The summed E-state index contributed by atoms with van der Waals surface area (Å²) in [6.07, 6.45) is 1.42. The van der Waals surface area contributed by atoms with Crippen LogP contribution in [0.5, 0.6) is 11.6 Å². The highest BCUT2D eigenvalue weighted by Crippen LogP contribution is 2.24. The van der Waals surface area contributed by atoms with Gasteiger partial charge in [-0.1, -0.05) is 30.3 Å². The summed E-state index contributed by atoms with van der Waals surface area (Å²) in [5.41, 5.74) is 0.149. The lowest BCUT2D eigenvalue weighted by Crippen LogP contribution is -1.97. The van der Waals surface area contributed by atoms with Crippen molar-refractivity contribution < 1.29 is 14.6 Å². The summed E-state index contributed by atoms with van der Waals surface area (Å²) < 4.78 is 5.60. The fraction of sp³-hybridized carbons (Fsp3) is 0. The first-order valence-electron chi connectivity index (χ1n) is 6.08. The van der Waals surface area contributed by atoms with Gasteiger partial charge in [-0.25, -0.2) is 9.78 Å². The average molecular weight is 265 g/mol. The van der Waals surface area contributed by atoms with E-state index in [1.165, 1.54) is 18.3 Å². The van der Waals surface area contributed by atoms with Gasteiger partial charge in [-0.05, 0) is 29.0 Å². The molecule has 2 aromatic carbocycles. The topological polar surface area (TPSA) is 59.4 Å². The maximum Gasteiger partial charge on any atom is 0.335 e.